The van der Waals surface area contributed by atoms with Gasteiger partial charge in [-0.3, -0.25) is 9.78 Å². The number of H-pyrrole nitrogens is 1. The molecule has 0 aliphatic heterocycles. The Kier molecular flexibility index (Phi) is 3.30. The molecule has 5 heteroatoms. The molecule has 2 aromatic rings. The lowest BCUT2D eigenvalue weighted by Gasteiger charge is -2.03. The van der Waals surface area contributed by atoms with Crippen LogP contribution >= 0.6 is 0 Å². The Morgan fingerprint density at radius 1 is 1.41 bits per heavy atom. The van der Waals surface area contributed by atoms with Gasteiger partial charge in [0.05, 0.1) is 0 Å². The molecule has 0 atom stereocenters. The molecule has 2 rings (SSSR count). The Bertz CT molecular complexity index is 577. The van der Waals surface area contributed by atoms with Crippen LogP contribution in [0.3, 0.4) is 0 Å². The molecule has 0 radical (unpaired) electrons. The van der Waals surface area contributed by atoms with Crippen LogP contribution in [0.25, 0.3) is 11.5 Å². The standard InChI is InChI=1S/C12H14N4O/c1-8-3-5-14-10(6-8)12-15-9(2-4-13)7-11(17)16-12/h3,5-7H,2,4,13H2,1H3,(H,15,16,17). The van der Waals surface area contributed by atoms with Gasteiger partial charge in [0.25, 0.3) is 5.56 Å². The highest BCUT2D eigenvalue weighted by Crippen LogP contribution is 2.11. The summed E-state index contributed by atoms with van der Waals surface area (Å²) >= 11 is 0. The van der Waals surface area contributed by atoms with Gasteiger partial charge >= 0.3 is 0 Å². The zero-order valence-corrected chi connectivity index (χ0v) is 9.60. The summed E-state index contributed by atoms with van der Waals surface area (Å²) in [5.74, 6) is 0.490. The van der Waals surface area contributed by atoms with E-state index in [0.717, 1.165) is 5.56 Å². The highest BCUT2D eigenvalue weighted by atomic mass is 16.1. The van der Waals surface area contributed by atoms with E-state index in [0.29, 0.717) is 30.2 Å². The number of hydrogen-bond donors (Lipinski definition) is 2. The molecule has 2 aromatic heterocycles. The third kappa shape index (κ3) is 2.76. The molecule has 17 heavy (non-hydrogen) atoms. The summed E-state index contributed by atoms with van der Waals surface area (Å²) in [6.07, 6.45) is 2.28. The molecule has 0 aliphatic carbocycles. The first kappa shape index (κ1) is 11.5. The summed E-state index contributed by atoms with van der Waals surface area (Å²) in [7, 11) is 0. The van der Waals surface area contributed by atoms with Gasteiger partial charge in [-0.1, -0.05) is 0 Å². The number of nitrogens with one attached hydrogen (secondary N) is 1. The fraction of sp³-hybridized carbons (Fsp3) is 0.250. The smallest absolute Gasteiger partial charge is 0.251 e. The first-order chi connectivity index (χ1) is 8.19. The monoisotopic (exact) mass is 230 g/mol. The zero-order valence-electron chi connectivity index (χ0n) is 9.60. The van der Waals surface area contributed by atoms with E-state index in [9.17, 15) is 4.79 Å². The molecule has 0 saturated heterocycles. The normalized spacial score (nSPS) is 10.5. The maximum Gasteiger partial charge on any atom is 0.251 e. The number of hydrogen-bond acceptors (Lipinski definition) is 4. The van der Waals surface area contributed by atoms with Crippen LogP contribution in [0.5, 0.6) is 0 Å². The van der Waals surface area contributed by atoms with E-state index in [1.165, 1.54) is 6.07 Å². The van der Waals surface area contributed by atoms with Crippen LogP contribution in [0.1, 0.15) is 11.3 Å². The van der Waals surface area contributed by atoms with E-state index >= 15 is 0 Å². The minimum atomic E-state index is -0.179. The lowest BCUT2D eigenvalue weighted by molar-refractivity contribution is 0.903. The second kappa shape index (κ2) is 4.88. The van der Waals surface area contributed by atoms with Crippen LogP contribution in [-0.4, -0.2) is 21.5 Å². The van der Waals surface area contributed by atoms with Crippen molar-refractivity contribution in [2.75, 3.05) is 6.54 Å². The summed E-state index contributed by atoms with van der Waals surface area (Å²) in [5, 5.41) is 0. The molecule has 0 saturated carbocycles. The van der Waals surface area contributed by atoms with Gasteiger partial charge in [0.1, 0.15) is 5.69 Å². The van der Waals surface area contributed by atoms with Gasteiger partial charge in [-0.15, -0.1) is 0 Å². The van der Waals surface area contributed by atoms with Crippen LogP contribution in [0, 0.1) is 6.92 Å². The molecule has 0 aromatic carbocycles. The molecule has 0 fully saturated rings. The van der Waals surface area contributed by atoms with Crippen molar-refractivity contribution in [1.82, 2.24) is 15.0 Å². The van der Waals surface area contributed by atoms with Gasteiger partial charge < -0.3 is 10.7 Å². The summed E-state index contributed by atoms with van der Waals surface area (Å²) in [6, 6.07) is 5.24. The molecular formula is C12H14N4O. The Hall–Kier alpha value is -2.01. The predicted octanol–water partition coefficient (Wildman–Crippen LogP) is 0.642. The van der Waals surface area contributed by atoms with Gasteiger partial charge in [-0.2, -0.15) is 0 Å². The molecule has 88 valence electrons. The number of nitrogens with zero attached hydrogens (tertiary/aromatic N) is 2. The van der Waals surface area contributed by atoms with Crippen molar-refractivity contribution in [3.05, 3.63) is 46.0 Å². The van der Waals surface area contributed by atoms with Crippen molar-refractivity contribution in [3.8, 4) is 11.5 Å². The van der Waals surface area contributed by atoms with Crippen molar-refractivity contribution in [2.45, 2.75) is 13.3 Å². The quantitative estimate of drug-likeness (QED) is 0.810. The fourth-order valence-electron chi connectivity index (χ4n) is 1.57. The largest absolute Gasteiger partial charge is 0.330 e. The molecule has 0 spiro atoms. The second-order valence-electron chi connectivity index (χ2n) is 3.84. The second-order valence-corrected chi connectivity index (χ2v) is 3.84. The SMILES string of the molecule is Cc1ccnc(-c2nc(CCN)cc(=O)[nH]2)c1. The summed E-state index contributed by atoms with van der Waals surface area (Å²) in [5.41, 5.74) is 7.70. The van der Waals surface area contributed by atoms with E-state index in [2.05, 4.69) is 15.0 Å². The van der Waals surface area contributed by atoms with Crippen LogP contribution in [-0.2, 0) is 6.42 Å². The van der Waals surface area contributed by atoms with E-state index < -0.39 is 0 Å². The van der Waals surface area contributed by atoms with E-state index in [4.69, 9.17) is 5.73 Å². The van der Waals surface area contributed by atoms with Crippen LogP contribution in [0.4, 0.5) is 0 Å². The van der Waals surface area contributed by atoms with Crippen molar-refractivity contribution in [1.29, 1.82) is 0 Å². The van der Waals surface area contributed by atoms with Crippen LogP contribution < -0.4 is 11.3 Å². The Morgan fingerprint density at radius 2 is 2.24 bits per heavy atom. The molecule has 2 heterocycles. The number of aromatic amines is 1. The lowest BCUT2D eigenvalue weighted by Crippen LogP contribution is -2.13. The van der Waals surface area contributed by atoms with Crippen molar-refractivity contribution in [2.24, 2.45) is 5.73 Å². The fourth-order valence-corrected chi connectivity index (χ4v) is 1.57. The minimum Gasteiger partial charge on any atom is -0.330 e. The molecule has 0 unspecified atom stereocenters. The van der Waals surface area contributed by atoms with E-state index in [1.54, 1.807) is 6.20 Å². The van der Waals surface area contributed by atoms with Gasteiger partial charge in [-0.25, -0.2) is 4.98 Å². The number of pyridine rings is 1. The topological polar surface area (TPSA) is 84.7 Å². The third-order valence-electron chi connectivity index (χ3n) is 2.35. The van der Waals surface area contributed by atoms with Gasteiger partial charge in [0, 0.05) is 24.4 Å². The Balaban J connectivity index is 2.48. The maximum atomic E-state index is 11.5. The first-order valence-corrected chi connectivity index (χ1v) is 5.42. The van der Waals surface area contributed by atoms with Crippen LogP contribution in [0.15, 0.2) is 29.2 Å². The highest BCUT2D eigenvalue weighted by Gasteiger charge is 2.05. The van der Waals surface area contributed by atoms with Crippen molar-refractivity contribution in [3.63, 3.8) is 0 Å². The lowest BCUT2D eigenvalue weighted by atomic mass is 10.2. The van der Waals surface area contributed by atoms with Crippen molar-refractivity contribution >= 4 is 0 Å². The molecule has 0 amide bonds. The predicted molar refractivity (Wildman–Crippen MR) is 65.6 cm³/mol. The van der Waals surface area contributed by atoms with Gasteiger partial charge in [-0.05, 0) is 31.2 Å². The zero-order chi connectivity index (χ0) is 12.3. The van der Waals surface area contributed by atoms with E-state index in [1.807, 2.05) is 19.1 Å². The number of nitrogens with two attached hydrogens (primary N) is 1. The molecular weight excluding hydrogens is 216 g/mol. The number of rotatable bonds is 3. The van der Waals surface area contributed by atoms with Crippen LogP contribution in [0.2, 0.25) is 0 Å². The van der Waals surface area contributed by atoms with Crippen molar-refractivity contribution < 1.29 is 0 Å². The Labute approximate surface area is 98.7 Å². The molecule has 0 aliphatic rings. The summed E-state index contributed by atoms with van der Waals surface area (Å²) in [4.78, 5) is 22.7. The number of aromatic nitrogens is 3. The summed E-state index contributed by atoms with van der Waals surface area (Å²) < 4.78 is 0. The minimum absolute atomic E-state index is 0.179. The van der Waals surface area contributed by atoms with Gasteiger partial charge in [0.2, 0.25) is 0 Å². The average Bonchev–Trinajstić information content (AvgIpc) is 2.28. The molecule has 0 bridgehead atoms. The number of aryl methyl sites for hydroxylation is 1. The van der Waals surface area contributed by atoms with Gasteiger partial charge in [0.15, 0.2) is 5.82 Å². The van der Waals surface area contributed by atoms with E-state index in [-0.39, 0.29) is 5.56 Å². The average molecular weight is 230 g/mol. The summed E-state index contributed by atoms with van der Waals surface area (Å²) in [6.45, 7) is 2.43. The molecule has 3 N–H and O–H groups in total. The maximum absolute atomic E-state index is 11.5. The third-order valence-corrected chi connectivity index (χ3v) is 2.35. The highest BCUT2D eigenvalue weighted by molar-refractivity contribution is 5.49. The Morgan fingerprint density at radius 3 is 2.94 bits per heavy atom. The molecule has 5 nitrogen and oxygen atoms in total. The first-order valence-electron chi connectivity index (χ1n) is 5.42.